The molecule has 1 aromatic heterocycles. The van der Waals surface area contributed by atoms with Crippen LogP contribution < -0.4 is 4.74 Å². The molecule has 0 fully saturated rings. The Hall–Kier alpha value is -2.31. The maximum absolute atomic E-state index is 5.57. The van der Waals surface area contributed by atoms with Gasteiger partial charge in [-0.2, -0.15) is 0 Å². The molecule has 27 heavy (non-hydrogen) atoms. The van der Waals surface area contributed by atoms with Crippen LogP contribution in [0.4, 0.5) is 0 Å². The molecule has 0 bridgehead atoms. The first kappa shape index (κ1) is 19.5. The van der Waals surface area contributed by atoms with E-state index in [9.17, 15) is 0 Å². The molecule has 2 aromatic carbocycles. The number of nitrogens with zero attached hydrogens (tertiary/aromatic N) is 3. The molecule has 0 spiro atoms. The van der Waals surface area contributed by atoms with Gasteiger partial charge >= 0.3 is 0 Å². The van der Waals surface area contributed by atoms with Gasteiger partial charge in [-0.1, -0.05) is 35.5 Å². The van der Waals surface area contributed by atoms with Gasteiger partial charge in [0, 0.05) is 30.7 Å². The van der Waals surface area contributed by atoms with E-state index < -0.39 is 0 Å². The van der Waals surface area contributed by atoms with Crippen LogP contribution in [0.3, 0.4) is 0 Å². The van der Waals surface area contributed by atoms with Crippen molar-refractivity contribution >= 4 is 11.8 Å². The SMILES string of the molecule is CCOc1ccc(-n2c(SCCCOC)nnc2-c2cccc(C)c2)cc1. The largest absolute Gasteiger partial charge is 0.494 e. The summed E-state index contributed by atoms with van der Waals surface area (Å²) < 4.78 is 12.8. The second-order valence-electron chi connectivity index (χ2n) is 6.13. The van der Waals surface area contributed by atoms with Gasteiger partial charge in [-0.05, 0) is 50.6 Å². The number of methoxy groups -OCH3 is 1. The summed E-state index contributed by atoms with van der Waals surface area (Å²) in [6.45, 7) is 5.47. The second-order valence-corrected chi connectivity index (χ2v) is 7.19. The summed E-state index contributed by atoms with van der Waals surface area (Å²) in [6.07, 6.45) is 0.969. The molecule has 0 atom stereocenters. The highest BCUT2D eigenvalue weighted by Gasteiger charge is 2.16. The fourth-order valence-corrected chi connectivity index (χ4v) is 3.66. The van der Waals surface area contributed by atoms with Crippen LogP contribution in [0.25, 0.3) is 17.1 Å². The molecule has 0 radical (unpaired) electrons. The van der Waals surface area contributed by atoms with Crippen LogP contribution >= 0.6 is 11.8 Å². The number of ether oxygens (including phenoxy) is 2. The summed E-state index contributed by atoms with van der Waals surface area (Å²) in [5.74, 6) is 2.63. The molecular formula is C21H25N3O2S. The normalized spacial score (nSPS) is 10.9. The molecule has 0 unspecified atom stereocenters. The molecule has 5 nitrogen and oxygen atoms in total. The first-order valence-electron chi connectivity index (χ1n) is 9.10. The predicted octanol–water partition coefficient (Wildman–Crippen LogP) is 4.77. The quantitative estimate of drug-likeness (QED) is 0.393. The van der Waals surface area contributed by atoms with Crippen LogP contribution in [0.1, 0.15) is 18.9 Å². The Morgan fingerprint density at radius 3 is 2.59 bits per heavy atom. The van der Waals surface area contributed by atoms with Crippen molar-refractivity contribution in [1.29, 1.82) is 0 Å². The van der Waals surface area contributed by atoms with E-state index in [1.165, 1.54) is 5.56 Å². The number of aromatic nitrogens is 3. The fraction of sp³-hybridized carbons (Fsp3) is 0.333. The van der Waals surface area contributed by atoms with Crippen molar-refractivity contribution in [2.45, 2.75) is 25.4 Å². The average molecular weight is 384 g/mol. The van der Waals surface area contributed by atoms with E-state index in [4.69, 9.17) is 9.47 Å². The summed E-state index contributed by atoms with van der Waals surface area (Å²) in [6, 6.07) is 16.4. The minimum atomic E-state index is 0.654. The maximum Gasteiger partial charge on any atom is 0.196 e. The molecule has 142 valence electrons. The Morgan fingerprint density at radius 2 is 1.89 bits per heavy atom. The first-order valence-corrected chi connectivity index (χ1v) is 10.1. The van der Waals surface area contributed by atoms with Crippen LogP contribution in [-0.4, -0.2) is 40.8 Å². The van der Waals surface area contributed by atoms with Crippen LogP contribution in [0.2, 0.25) is 0 Å². The van der Waals surface area contributed by atoms with Gasteiger partial charge in [0.1, 0.15) is 5.75 Å². The van der Waals surface area contributed by atoms with Crippen molar-refractivity contribution in [2.24, 2.45) is 0 Å². The van der Waals surface area contributed by atoms with E-state index in [1.54, 1.807) is 18.9 Å². The third-order valence-electron chi connectivity index (χ3n) is 4.04. The molecule has 0 saturated heterocycles. The summed E-state index contributed by atoms with van der Waals surface area (Å²) in [5.41, 5.74) is 3.28. The lowest BCUT2D eigenvalue weighted by molar-refractivity contribution is 0.200. The van der Waals surface area contributed by atoms with Crippen molar-refractivity contribution in [3.8, 4) is 22.8 Å². The lowest BCUT2D eigenvalue weighted by Gasteiger charge is -2.12. The Morgan fingerprint density at radius 1 is 1.07 bits per heavy atom. The third kappa shape index (κ3) is 4.90. The first-order chi connectivity index (χ1) is 13.2. The molecule has 1 heterocycles. The van der Waals surface area contributed by atoms with Crippen molar-refractivity contribution in [2.75, 3.05) is 26.1 Å². The van der Waals surface area contributed by atoms with Crippen LogP contribution in [-0.2, 0) is 4.74 Å². The van der Waals surface area contributed by atoms with Crippen molar-refractivity contribution < 1.29 is 9.47 Å². The monoisotopic (exact) mass is 383 g/mol. The highest BCUT2D eigenvalue weighted by atomic mass is 32.2. The fourth-order valence-electron chi connectivity index (χ4n) is 2.79. The van der Waals surface area contributed by atoms with Gasteiger partial charge in [-0.25, -0.2) is 0 Å². The van der Waals surface area contributed by atoms with Crippen molar-refractivity contribution in [1.82, 2.24) is 14.8 Å². The summed E-state index contributed by atoms with van der Waals surface area (Å²) in [5, 5.41) is 9.83. The van der Waals surface area contributed by atoms with Crippen LogP contribution in [0.15, 0.2) is 53.7 Å². The van der Waals surface area contributed by atoms with Gasteiger partial charge in [-0.3, -0.25) is 4.57 Å². The second kappa shape index (κ2) is 9.58. The van der Waals surface area contributed by atoms with Crippen LogP contribution in [0.5, 0.6) is 5.75 Å². The molecule has 0 aliphatic heterocycles. The van der Waals surface area contributed by atoms with Gasteiger partial charge in [-0.15, -0.1) is 10.2 Å². The van der Waals surface area contributed by atoms with Gasteiger partial charge < -0.3 is 9.47 Å². The van der Waals surface area contributed by atoms with Crippen LogP contribution in [0, 0.1) is 6.92 Å². The molecule has 0 saturated carbocycles. The topological polar surface area (TPSA) is 49.2 Å². The van der Waals surface area contributed by atoms with Gasteiger partial charge in [0.25, 0.3) is 0 Å². The third-order valence-corrected chi connectivity index (χ3v) is 5.05. The van der Waals surface area contributed by atoms with Gasteiger partial charge in [0.15, 0.2) is 11.0 Å². The standard InChI is InChI=1S/C21H25N3O2S/c1-4-26-19-11-9-18(10-12-19)24-20(17-8-5-7-16(2)15-17)22-23-21(24)27-14-6-13-25-3/h5,7-12,15H,4,6,13-14H2,1-3H3. The number of rotatable bonds is 9. The zero-order valence-electron chi connectivity index (χ0n) is 16.0. The number of aryl methyl sites for hydroxylation is 1. The van der Waals surface area contributed by atoms with E-state index in [1.807, 2.05) is 37.3 Å². The predicted molar refractivity (Wildman–Crippen MR) is 110 cm³/mol. The molecule has 0 aliphatic rings. The van der Waals surface area contributed by atoms with Crippen molar-refractivity contribution in [3.63, 3.8) is 0 Å². The summed E-state index contributed by atoms with van der Waals surface area (Å²) in [7, 11) is 1.73. The molecule has 0 aliphatic carbocycles. The van der Waals surface area contributed by atoms with Crippen molar-refractivity contribution in [3.05, 3.63) is 54.1 Å². The molecule has 0 amide bonds. The summed E-state index contributed by atoms with van der Waals surface area (Å²) in [4.78, 5) is 0. The Balaban J connectivity index is 1.97. The zero-order chi connectivity index (χ0) is 19.1. The Bertz CT molecular complexity index is 862. The minimum Gasteiger partial charge on any atom is -0.494 e. The minimum absolute atomic E-state index is 0.654. The number of hydrogen-bond acceptors (Lipinski definition) is 5. The molecule has 3 aromatic rings. The highest BCUT2D eigenvalue weighted by molar-refractivity contribution is 7.99. The molecule has 0 N–H and O–H groups in total. The molecule has 6 heteroatoms. The lowest BCUT2D eigenvalue weighted by Crippen LogP contribution is -2.01. The maximum atomic E-state index is 5.57. The van der Waals surface area contributed by atoms with Gasteiger partial charge in [0.2, 0.25) is 0 Å². The number of benzene rings is 2. The van der Waals surface area contributed by atoms with E-state index >= 15 is 0 Å². The zero-order valence-corrected chi connectivity index (χ0v) is 16.8. The Kier molecular flexibility index (Phi) is 6.90. The Labute approximate surface area is 164 Å². The number of hydrogen-bond donors (Lipinski definition) is 0. The lowest BCUT2D eigenvalue weighted by atomic mass is 10.1. The van der Waals surface area contributed by atoms with Gasteiger partial charge in [0.05, 0.1) is 6.61 Å². The van der Waals surface area contributed by atoms with E-state index in [-0.39, 0.29) is 0 Å². The highest BCUT2D eigenvalue weighted by Crippen LogP contribution is 2.29. The molecule has 3 rings (SSSR count). The number of thioether (sulfide) groups is 1. The smallest absolute Gasteiger partial charge is 0.196 e. The summed E-state index contributed by atoms with van der Waals surface area (Å²) >= 11 is 1.69. The van der Waals surface area contributed by atoms with E-state index in [0.29, 0.717) is 6.61 Å². The molecular weight excluding hydrogens is 358 g/mol. The van der Waals surface area contributed by atoms with E-state index in [2.05, 4.69) is 39.9 Å². The van der Waals surface area contributed by atoms with E-state index in [0.717, 1.165) is 46.8 Å². The average Bonchev–Trinajstić information content (AvgIpc) is 3.10.